The predicted octanol–water partition coefficient (Wildman–Crippen LogP) is 19.9. The molecule has 0 bridgehead atoms. The van der Waals surface area contributed by atoms with E-state index in [0.717, 1.165) is 38.5 Å². The van der Waals surface area contributed by atoms with Crippen LogP contribution in [0.15, 0.2) is 0 Å². The molecule has 6 nitrogen and oxygen atoms in total. The van der Waals surface area contributed by atoms with Gasteiger partial charge < -0.3 is 20.3 Å². The fraction of sp³-hybridized carbons (Fsp3) is 0.968. The molecule has 0 aliphatic heterocycles. The second-order valence-corrected chi connectivity index (χ2v) is 22.1. The Hall–Kier alpha value is -1.14. The number of ether oxygens (including phenoxy) is 1. The van der Waals surface area contributed by atoms with E-state index in [1.165, 1.54) is 295 Å². The Labute approximate surface area is 432 Å². The van der Waals surface area contributed by atoms with E-state index < -0.39 is 12.1 Å². The lowest BCUT2D eigenvalue weighted by Crippen LogP contribution is -2.45. The third kappa shape index (κ3) is 56.0. The van der Waals surface area contributed by atoms with E-state index in [9.17, 15) is 19.8 Å². The van der Waals surface area contributed by atoms with E-state index in [-0.39, 0.29) is 18.5 Å². The summed E-state index contributed by atoms with van der Waals surface area (Å²) in [6, 6.07) is -0.536. The number of aliphatic hydroxyl groups excluding tert-OH is 2. The first-order chi connectivity index (χ1) is 34.0. The molecular formula is C63H125NO5. The minimum Gasteiger partial charge on any atom is -0.466 e. The van der Waals surface area contributed by atoms with Gasteiger partial charge in [-0.1, -0.05) is 328 Å². The normalized spacial score (nSPS) is 12.5. The molecule has 0 fully saturated rings. The van der Waals surface area contributed by atoms with Gasteiger partial charge in [-0.3, -0.25) is 9.59 Å². The molecule has 2 atom stereocenters. The van der Waals surface area contributed by atoms with Crippen LogP contribution in [0.25, 0.3) is 0 Å². The van der Waals surface area contributed by atoms with Crippen molar-refractivity contribution in [1.29, 1.82) is 0 Å². The number of carbonyl (C=O) groups is 2. The van der Waals surface area contributed by atoms with E-state index in [4.69, 9.17) is 4.74 Å². The molecule has 0 rings (SSSR count). The molecule has 0 aliphatic carbocycles. The van der Waals surface area contributed by atoms with Gasteiger partial charge in [0.25, 0.3) is 0 Å². The zero-order valence-electron chi connectivity index (χ0n) is 47.1. The molecule has 6 heteroatoms. The molecule has 0 aromatic rings. The Morgan fingerprint density at radius 3 is 0.884 bits per heavy atom. The summed E-state index contributed by atoms with van der Waals surface area (Å²) in [5.74, 6) is -0.0103. The number of rotatable bonds is 60. The van der Waals surface area contributed by atoms with Crippen LogP contribution in [0, 0.1) is 0 Å². The van der Waals surface area contributed by atoms with Gasteiger partial charge in [-0.2, -0.15) is 0 Å². The van der Waals surface area contributed by atoms with E-state index in [1.54, 1.807) is 0 Å². The zero-order chi connectivity index (χ0) is 50.0. The number of hydrogen-bond acceptors (Lipinski definition) is 5. The van der Waals surface area contributed by atoms with Crippen LogP contribution in [-0.2, 0) is 14.3 Å². The summed E-state index contributed by atoms with van der Waals surface area (Å²) in [5.41, 5.74) is 0. The molecule has 0 aliphatic rings. The highest BCUT2D eigenvalue weighted by Crippen LogP contribution is 2.19. The molecule has 0 radical (unpaired) electrons. The van der Waals surface area contributed by atoms with Gasteiger partial charge in [0, 0.05) is 12.8 Å². The largest absolute Gasteiger partial charge is 0.466 e. The highest BCUT2D eigenvalue weighted by atomic mass is 16.5. The van der Waals surface area contributed by atoms with Gasteiger partial charge in [0.2, 0.25) is 5.91 Å². The molecule has 0 heterocycles. The number of nitrogens with one attached hydrogen (secondary N) is 1. The van der Waals surface area contributed by atoms with Gasteiger partial charge in [0.05, 0.1) is 25.4 Å². The topological polar surface area (TPSA) is 95.9 Å². The summed E-state index contributed by atoms with van der Waals surface area (Å²) in [5, 5.41) is 23.1. The van der Waals surface area contributed by atoms with Crippen LogP contribution in [0.1, 0.15) is 367 Å². The minimum absolute atomic E-state index is 0.0223. The Morgan fingerprint density at radius 1 is 0.348 bits per heavy atom. The summed E-state index contributed by atoms with van der Waals surface area (Å²) in [4.78, 5) is 24.5. The van der Waals surface area contributed by atoms with Crippen molar-refractivity contribution in [2.24, 2.45) is 0 Å². The molecule has 1 amide bonds. The van der Waals surface area contributed by atoms with Crippen molar-refractivity contribution in [2.45, 2.75) is 379 Å². The van der Waals surface area contributed by atoms with E-state index in [2.05, 4.69) is 19.2 Å². The standard InChI is InChI=1S/C63H125NO5/c1-3-5-7-9-11-13-14-15-16-31-34-37-41-45-49-53-57-63(68)69-58-54-50-46-42-38-35-32-29-27-25-23-21-19-17-18-20-22-24-26-28-30-33-36-40-44-48-52-56-62(67)64-60(59-65)61(66)55-51-47-43-39-12-10-8-6-4-2/h60-61,65-66H,3-59H2,1-2H3,(H,64,67). The molecule has 2 unspecified atom stereocenters. The number of carbonyl (C=O) groups excluding carboxylic acids is 2. The monoisotopic (exact) mass is 976 g/mol. The minimum atomic E-state index is -0.658. The second-order valence-electron chi connectivity index (χ2n) is 22.1. The van der Waals surface area contributed by atoms with Crippen molar-refractivity contribution < 1.29 is 24.5 Å². The van der Waals surface area contributed by atoms with Crippen molar-refractivity contribution in [3.8, 4) is 0 Å². The quantitative estimate of drug-likeness (QED) is 0.0417. The van der Waals surface area contributed by atoms with Crippen molar-refractivity contribution in [2.75, 3.05) is 13.2 Å². The number of unbranched alkanes of at least 4 members (excludes halogenated alkanes) is 49. The van der Waals surface area contributed by atoms with Crippen LogP contribution in [0.2, 0.25) is 0 Å². The van der Waals surface area contributed by atoms with Crippen molar-refractivity contribution >= 4 is 11.9 Å². The maximum absolute atomic E-state index is 12.4. The lowest BCUT2D eigenvalue weighted by atomic mass is 10.0. The first-order valence-corrected chi connectivity index (χ1v) is 31.8. The first-order valence-electron chi connectivity index (χ1n) is 31.8. The fourth-order valence-electron chi connectivity index (χ4n) is 10.3. The van der Waals surface area contributed by atoms with Crippen LogP contribution in [0.3, 0.4) is 0 Å². The highest BCUT2D eigenvalue weighted by Gasteiger charge is 2.20. The fourth-order valence-corrected chi connectivity index (χ4v) is 10.3. The Bertz CT molecular complexity index is 990. The van der Waals surface area contributed by atoms with Crippen LogP contribution >= 0.6 is 0 Å². The Kier molecular flexibility index (Phi) is 58.4. The lowest BCUT2D eigenvalue weighted by Gasteiger charge is -2.22. The van der Waals surface area contributed by atoms with Gasteiger partial charge in [-0.05, 0) is 25.7 Å². The zero-order valence-corrected chi connectivity index (χ0v) is 47.1. The molecule has 0 spiro atoms. The molecule has 0 saturated carbocycles. The average molecular weight is 977 g/mol. The SMILES string of the molecule is CCCCCCCCCCCCCCCCCCC(=O)OCCCCCCCCCCCCCCCCCCCCCCCCCCCCCC(=O)NC(CO)C(O)CCCCCCCCCCC. The van der Waals surface area contributed by atoms with E-state index in [1.807, 2.05) is 0 Å². The van der Waals surface area contributed by atoms with E-state index >= 15 is 0 Å². The first kappa shape index (κ1) is 67.9. The van der Waals surface area contributed by atoms with Crippen molar-refractivity contribution in [1.82, 2.24) is 5.32 Å². The van der Waals surface area contributed by atoms with Crippen LogP contribution in [0.5, 0.6) is 0 Å². The second kappa shape index (κ2) is 59.4. The molecule has 0 aromatic heterocycles. The Balaban J connectivity index is 3.29. The van der Waals surface area contributed by atoms with Crippen molar-refractivity contribution in [3.05, 3.63) is 0 Å². The third-order valence-electron chi connectivity index (χ3n) is 15.2. The van der Waals surface area contributed by atoms with Gasteiger partial charge in [0.1, 0.15) is 0 Å². The van der Waals surface area contributed by atoms with Crippen LogP contribution in [-0.4, -0.2) is 47.4 Å². The number of esters is 1. The number of hydrogen-bond donors (Lipinski definition) is 3. The van der Waals surface area contributed by atoms with Crippen LogP contribution < -0.4 is 5.32 Å². The summed E-state index contributed by atoms with van der Waals surface area (Å²) >= 11 is 0. The maximum atomic E-state index is 12.4. The summed E-state index contributed by atoms with van der Waals surface area (Å²) in [6.45, 7) is 4.97. The smallest absolute Gasteiger partial charge is 0.305 e. The summed E-state index contributed by atoms with van der Waals surface area (Å²) < 4.78 is 5.50. The van der Waals surface area contributed by atoms with Gasteiger partial charge >= 0.3 is 5.97 Å². The average Bonchev–Trinajstić information content (AvgIpc) is 3.35. The van der Waals surface area contributed by atoms with Crippen molar-refractivity contribution in [3.63, 3.8) is 0 Å². The van der Waals surface area contributed by atoms with Gasteiger partial charge in [-0.15, -0.1) is 0 Å². The summed E-state index contributed by atoms with van der Waals surface area (Å²) in [7, 11) is 0. The Morgan fingerprint density at radius 2 is 0.594 bits per heavy atom. The lowest BCUT2D eigenvalue weighted by molar-refractivity contribution is -0.143. The highest BCUT2D eigenvalue weighted by molar-refractivity contribution is 5.76. The van der Waals surface area contributed by atoms with Gasteiger partial charge in [0.15, 0.2) is 0 Å². The molecule has 0 aromatic carbocycles. The molecule has 3 N–H and O–H groups in total. The summed E-state index contributed by atoms with van der Waals surface area (Å²) in [6.07, 6.45) is 70.0. The van der Waals surface area contributed by atoms with Crippen LogP contribution in [0.4, 0.5) is 0 Å². The molecule has 69 heavy (non-hydrogen) atoms. The predicted molar refractivity (Wildman–Crippen MR) is 301 cm³/mol. The maximum Gasteiger partial charge on any atom is 0.305 e. The molecular weight excluding hydrogens is 851 g/mol. The van der Waals surface area contributed by atoms with Gasteiger partial charge in [-0.25, -0.2) is 0 Å². The molecule has 0 saturated heterocycles. The molecule has 412 valence electrons. The third-order valence-corrected chi connectivity index (χ3v) is 15.2. The van der Waals surface area contributed by atoms with E-state index in [0.29, 0.717) is 25.9 Å². The number of aliphatic hydroxyl groups is 2. The number of amides is 1.